The largest absolute Gasteiger partial charge is 0.389 e. The van der Waals surface area contributed by atoms with Gasteiger partial charge < -0.3 is 19.9 Å². The number of halogens is 1. The minimum absolute atomic E-state index is 0.295. The number of ether oxygens (including phenoxy) is 2. The van der Waals surface area contributed by atoms with Crippen molar-refractivity contribution in [2.75, 3.05) is 26.3 Å². The number of aliphatic hydroxyl groups is 1. The first-order valence-corrected chi connectivity index (χ1v) is 7.45. The van der Waals surface area contributed by atoms with Crippen LogP contribution in [0.5, 0.6) is 0 Å². The lowest BCUT2D eigenvalue weighted by Crippen LogP contribution is -2.35. The molecular formula is C15H22ClNO3. The van der Waals surface area contributed by atoms with Gasteiger partial charge in [0.25, 0.3) is 0 Å². The maximum Gasteiger partial charge on any atom is 0.0897 e. The molecule has 2 atom stereocenters. The van der Waals surface area contributed by atoms with Crippen molar-refractivity contribution < 1.29 is 14.6 Å². The summed E-state index contributed by atoms with van der Waals surface area (Å²) in [7, 11) is 0. The highest BCUT2D eigenvalue weighted by atomic mass is 35.5. The van der Waals surface area contributed by atoms with Crippen molar-refractivity contribution in [3.8, 4) is 0 Å². The average molecular weight is 300 g/mol. The van der Waals surface area contributed by atoms with E-state index in [1.807, 2.05) is 24.3 Å². The second-order valence-electron chi connectivity index (χ2n) is 5.05. The fourth-order valence-corrected chi connectivity index (χ4v) is 2.39. The quantitative estimate of drug-likeness (QED) is 0.771. The van der Waals surface area contributed by atoms with E-state index in [-0.39, 0.29) is 0 Å². The van der Waals surface area contributed by atoms with Crippen LogP contribution < -0.4 is 5.32 Å². The van der Waals surface area contributed by atoms with E-state index in [2.05, 4.69) is 5.32 Å². The summed E-state index contributed by atoms with van der Waals surface area (Å²) < 4.78 is 11.0. The third-order valence-corrected chi connectivity index (χ3v) is 3.67. The second-order valence-corrected chi connectivity index (χ2v) is 5.46. The standard InChI is InChI=1S/C15H22ClNO3/c16-15-6-2-1-4-12(15)10-19-11-13(18)8-17-9-14-5-3-7-20-14/h1-2,4,6,13-14,17-18H,3,5,7-11H2. The highest BCUT2D eigenvalue weighted by molar-refractivity contribution is 6.31. The van der Waals surface area contributed by atoms with Gasteiger partial charge in [0.2, 0.25) is 0 Å². The Kier molecular flexibility index (Phi) is 6.76. The van der Waals surface area contributed by atoms with Gasteiger partial charge in [-0.15, -0.1) is 0 Å². The zero-order chi connectivity index (χ0) is 14.2. The highest BCUT2D eigenvalue weighted by Gasteiger charge is 2.15. The van der Waals surface area contributed by atoms with E-state index >= 15 is 0 Å². The summed E-state index contributed by atoms with van der Waals surface area (Å²) in [6.45, 7) is 2.88. The van der Waals surface area contributed by atoms with Gasteiger partial charge in [0.05, 0.1) is 25.4 Å². The molecule has 20 heavy (non-hydrogen) atoms. The van der Waals surface area contributed by atoms with Gasteiger partial charge in [-0.25, -0.2) is 0 Å². The Hall–Kier alpha value is -0.650. The zero-order valence-electron chi connectivity index (χ0n) is 11.6. The van der Waals surface area contributed by atoms with Gasteiger partial charge in [-0.2, -0.15) is 0 Å². The molecule has 1 fully saturated rings. The number of nitrogens with one attached hydrogen (secondary N) is 1. The zero-order valence-corrected chi connectivity index (χ0v) is 12.3. The first-order chi connectivity index (χ1) is 9.75. The predicted octanol–water partition coefficient (Wildman–Crippen LogP) is 1.99. The lowest BCUT2D eigenvalue weighted by molar-refractivity contribution is 0.0266. The van der Waals surface area contributed by atoms with E-state index in [1.54, 1.807) is 0 Å². The van der Waals surface area contributed by atoms with Gasteiger partial charge >= 0.3 is 0 Å². The minimum atomic E-state index is -0.515. The average Bonchev–Trinajstić information content (AvgIpc) is 2.94. The highest BCUT2D eigenvalue weighted by Crippen LogP contribution is 2.15. The first-order valence-electron chi connectivity index (χ1n) is 7.07. The molecule has 0 bridgehead atoms. The summed E-state index contributed by atoms with van der Waals surface area (Å²) in [5, 5.41) is 13.7. The third-order valence-electron chi connectivity index (χ3n) is 3.30. The van der Waals surface area contributed by atoms with Crippen LogP contribution in [0.15, 0.2) is 24.3 Å². The van der Waals surface area contributed by atoms with Gasteiger partial charge in [0.1, 0.15) is 0 Å². The Labute approximate surface area is 125 Å². The molecule has 1 heterocycles. The van der Waals surface area contributed by atoms with Crippen molar-refractivity contribution in [3.63, 3.8) is 0 Å². The van der Waals surface area contributed by atoms with E-state index in [0.717, 1.165) is 31.6 Å². The van der Waals surface area contributed by atoms with Crippen LogP contribution in [0.25, 0.3) is 0 Å². The molecule has 0 spiro atoms. The number of benzene rings is 1. The molecular weight excluding hydrogens is 278 g/mol. The van der Waals surface area contributed by atoms with Gasteiger partial charge in [-0.1, -0.05) is 29.8 Å². The molecule has 1 saturated heterocycles. The number of hydrogen-bond acceptors (Lipinski definition) is 4. The van der Waals surface area contributed by atoms with Crippen molar-refractivity contribution in [1.29, 1.82) is 0 Å². The summed E-state index contributed by atoms with van der Waals surface area (Å²) in [5.74, 6) is 0. The monoisotopic (exact) mass is 299 g/mol. The molecule has 0 aliphatic carbocycles. The summed E-state index contributed by atoms with van der Waals surface area (Å²) in [5.41, 5.74) is 0.939. The molecule has 5 heteroatoms. The lowest BCUT2D eigenvalue weighted by Gasteiger charge is -2.15. The summed E-state index contributed by atoms with van der Waals surface area (Å²) >= 11 is 6.03. The van der Waals surface area contributed by atoms with Crippen molar-refractivity contribution in [1.82, 2.24) is 5.32 Å². The molecule has 1 aromatic rings. The number of aliphatic hydroxyl groups excluding tert-OH is 1. The van der Waals surface area contributed by atoms with Crippen LogP contribution in [0.4, 0.5) is 0 Å². The fourth-order valence-electron chi connectivity index (χ4n) is 2.20. The van der Waals surface area contributed by atoms with E-state index in [1.165, 1.54) is 0 Å². The van der Waals surface area contributed by atoms with Crippen LogP contribution in [0.3, 0.4) is 0 Å². The molecule has 0 radical (unpaired) electrons. The molecule has 1 aromatic carbocycles. The molecule has 2 unspecified atom stereocenters. The number of rotatable bonds is 8. The predicted molar refractivity (Wildman–Crippen MR) is 79.0 cm³/mol. The van der Waals surface area contributed by atoms with Crippen LogP contribution in [-0.2, 0) is 16.1 Å². The second kappa shape index (κ2) is 8.60. The molecule has 112 valence electrons. The van der Waals surface area contributed by atoms with E-state index in [9.17, 15) is 5.11 Å². The lowest BCUT2D eigenvalue weighted by atomic mass is 10.2. The van der Waals surface area contributed by atoms with Crippen molar-refractivity contribution in [2.24, 2.45) is 0 Å². The smallest absolute Gasteiger partial charge is 0.0897 e. The normalized spacial score (nSPS) is 20.2. The van der Waals surface area contributed by atoms with Gasteiger partial charge in [-0.05, 0) is 24.5 Å². The Morgan fingerprint density at radius 1 is 1.45 bits per heavy atom. The Bertz CT molecular complexity index is 396. The van der Waals surface area contributed by atoms with E-state index in [4.69, 9.17) is 21.1 Å². The van der Waals surface area contributed by atoms with Crippen LogP contribution in [0.2, 0.25) is 5.02 Å². The van der Waals surface area contributed by atoms with Gasteiger partial charge in [0.15, 0.2) is 0 Å². The maximum atomic E-state index is 9.81. The number of hydrogen-bond donors (Lipinski definition) is 2. The SMILES string of the molecule is OC(CNCC1CCCO1)COCc1ccccc1Cl. The van der Waals surface area contributed by atoms with Crippen LogP contribution in [0.1, 0.15) is 18.4 Å². The molecule has 2 rings (SSSR count). The van der Waals surface area contributed by atoms with Gasteiger partial charge in [0, 0.05) is 24.7 Å². The molecule has 0 aromatic heterocycles. The van der Waals surface area contributed by atoms with Crippen LogP contribution in [0, 0.1) is 0 Å². The fraction of sp³-hybridized carbons (Fsp3) is 0.600. The minimum Gasteiger partial charge on any atom is -0.389 e. The Balaban J connectivity index is 1.55. The van der Waals surface area contributed by atoms with Gasteiger partial charge in [-0.3, -0.25) is 0 Å². The molecule has 1 aliphatic rings. The first kappa shape index (κ1) is 15.7. The topological polar surface area (TPSA) is 50.7 Å². The molecule has 2 N–H and O–H groups in total. The van der Waals surface area contributed by atoms with Crippen molar-refractivity contribution in [2.45, 2.75) is 31.7 Å². The third kappa shape index (κ3) is 5.38. The Morgan fingerprint density at radius 2 is 2.30 bits per heavy atom. The molecule has 0 amide bonds. The van der Waals surface area contributed by atoms with Crippen LogP contribution in [-0.4, -0.2) is 43.6 Å². The summed E-state index contributed by atoms with van der Waals surface area (Å²) in [4.78, 5) is 0. The summed E-state index contributed by atoms with van der Waals surface area (Å²) in [6, 6.07) is 7.56. The van der Waals surface area contributed by atoms with Crippen molar-refractivity contribution >= 4 is 11.6 Å². The van der Waals surface area contributed by atoms with Crippen molar-refractivity contribution in [3.05, 3.63) is 34.9 Å². The molecule has 0 saturated carbocycles. The molecule has 1 aliphatic heterocycles. The van der Waals surface area contributed by atoms with Crippen LogP contribution >= 0.6 is 11.6 Å². The summed E-state index contributed by atoms with van der Waals surface area (Å²) in [6.07, 6.45) is 2.02. The van der Waals surface area contributed by atoms with E-state index in [0.29, 0.717) is 30.9 Å². The maximum absolute atomic E-state index is 9.81. The van der Waals surface area contributed by atoms with E-state index < -0.39 is 6.10 Å². The molecule has 4 nitrogen and oxygen atoms in total. The Morgan fingerprint density at radius 3 is 3.05 bits per heavy atom.